The zero-order chi connectivity index (χ0) is 17.6. The molecule has 0 spiro atoms. The minimum Gasteiger partial charge on any atom is -0.357 e. The number of rotatable bonds is 6. The molecule has 3 N–H and O–H groups in total. The smallest absolute Gasteiger partial charge is 0.322 e. The lowest BCUT2D eigenvalue weighted by Gasteiger charge is -2.27. The van der Waals surface area contributed by atoms with Crippen LogP contribution in [0.3, 0.4) is 0 Å². The highest BCUT2D eigenvalue weighted by Crippen LogP contribution is 2.17. The second-order valence-electron chi connectivity index (χ2n) is 6.40. The number of pyridine rings is 1. The molecule has 2 aliphatic heterocycles. The molecule has 1 aromatic heterocycles. The van der Waals surface area contributed by atoms with Crippen molar-refractivity contribution in [2.45, 2.75) is 44.7 Å². The lowest BCUT2D eigenvalue weighted by atomic mass is 10.1. The zero-order valence-corrected chi connectivity index (χ0v) is 14.1. The summed E-state index contributed by atoms with van der Waals surface area (Å²) in [7, 11) is 0. The van der Waals surface area contributed by atoms with Gasteiger partial charge in [0.05, 0.1) is 0 Å². The number of hydrogen-bond acceptors (Lipinski definition) is 5. The third-order valence-corrected chi connectivity index (χ3v) is 4.50. The molecule has 0 aliphatic carbocycles. The number of hydrogen-bond donors (Lipinski definition) is 3. The van der Waals surface area contributed by atoms with Crippen LogP contribution in [0, 0.1) is 0 Å². The minimum absolute atomic E-state index is 0.158. The van der Waals surface area contributed by atoms with Gasteiger partial charge in [-0.3, -0.25) is 14.9 Å². The molecule has 0 radical (unpaired) electrons. The Morgan fingerprint density at radius 1 is 1.24 bits per heavy atom. The highest BCUT2D eigenvalue weighted by Gasteiger charge is 2.29. The van der Waals surface area contributed by atoms with E-state index in [0.29, 0.717) is 6.54 Å². The van der Waals surface area contributed by atoms with Crippen LogP contribution in [0.15, 0.2) is 18.3 Å². The third-order valence-electron chi connectivity index (χ3n) is 4.50. The molecule has 134 valence electrons. The van der Waals surface area contributed by atoms with Crippen molar-refractivity contribution in [3.8, 4) is 0 Å². The standard InChI is InChI=1S/C17H23N5O3/c23-15(7-5-13-16(24)21-17(25)20-13)19-11-12-4-6-14(18-10-12)22-8-2-1-3-9-22/h4,6,10,13H,1-3,5,7-9,11H2,(H,19,23)(H2,20,21,24,25). The Morgan fingerprint density at radius 2 is 2.04 bits per heavy atom. The van der Waals surface area contributed by atoms with Crippen LogP contribution >= 0.6 is 0 Å². The number of anilines is 1. The maximum atomic E-state index is 11.9. The summed E-state index contributed by atoms with van der Waals surface area (Å²) in [5.41, 5.74) is 0.932. The van der Waals surface area contributed by atoms with Crippen LogP contribution < -0.4 is 20.9 Å². The molecule has 1 atom stereocenters. The van der Waals surface area contributed by atoms with Crippen molar-refractivity contribution in [2.75, 3.05) is 18.0 Å². The molecular weight excluding hydrogens is 322 g/mol. The maximum Gasteiger partial charge on any atom is 0.322 e. The SMILES string of the molecule is O=C(CCC1NC(=O)NC1=O)NCc1ccc(N2CCCCC2)nc1. The van der Waals surface area contributed by atoms with Crippen LogP contribution in [0.1, 0.15) is 37.7 Å². The van der Waals surface area contributed by atoms with Crippen molar-refractivity contribution < 1.29 is 14.4 Å². The first-order chi connectivity index (χ1) is 12.1. The van der Waals surface area contributed by atoms with Crippen molar-refractivity contribution in [1.82, 2.24) is 20.9 Å². The summed E-state index contributed by atoms with van der Waals surface area (Å²) in [5.74, 6) is 0.446. The molecule has 2 saturated heterocycles. The van der Waals surface area contributed by atoms with Gasteiger partial charge in [-0.05, 0) is 37.3 Å². The van der Waals surface area contributed by atoms with Gasteiger partial charge < -0.3 is 15.5 Å². The normalized spacial score (nSPS) is 20.2. The highest BCUT2D eigenvalue weighted by atomic mass is 16.2. The van der Waals surface area contributed by atoms with E-state index in [2.05, 4.69) is 25.8 Å². The molecule has 3 heterocycles. The van der Waals surface area contributed by atoms with Gasteiger partial charge in [-0.15, -0.1) is 0 Å². The average molecular weight is 345 g/mol. The molecule has 3 rings (SSSR count). The topological polar surface area (TPSA) is 103 Å². The quantitative estimate of drug-likeness (QED) is 0.658. The van der Waals surface area contributed by atoms with E-state index < -0.39 is 12.1 Å². The number of carbonyl (C=O) groups excluding carboxylic acids is 3. The van der Waals surface area contributed by atoms with Gasteiger partial charge in [0.2, 0.25) is 5.91 Å². The van der Waals surface area contributed by atoms with Gasteiger partial charge >= 0.3 is 6.03 Å². The largest absolute Gasteiger partial charge is 0.357 e. The summed E-state index contributed by atoms with van der Waals surface area (Å²) < 4.78 is 0. The lowest BCUT2D eigenvalue weighted by molar-refractivity contribution is -0.122. The maximum absolute atomic E-state index is 11.9. The first-order valence-corrected chi connectivity index (χ1v) is 8.70. The summed E-state index contributed by atoms with van der Waals surface area (Å²) in [6.07, 6.45) is 5.95. The van der Waals surface area contributed by atoms with Gasteiger partial charge in [-0.1, -0.05) is 6.07 Å². The van der Waals surface area contributed by atoms with Gasteiger partial charge in [0.1, 0.15) is 11.9 Å². The van der Waals surface area contributed by atoms with Crippen molar-refractivity contribution >= 4 is 23.7 Å². The van der Waals surface area contributed by atoms with Crippen molar-refractivity contribution in [3.05, 3.63) is 23.9 Å². The third kappa shape index (κ3) is 4.68. The van der Waals surface area contributed by atoms with Gasteiger partial charge in [-0.2, -0.15) is 0 Å². The number of imide groups is 1. The summed E-state index contributed by atoms with van der Waals surface area (Å²) in [6, 6.07) is 2.84. The Morgan fingerprint density at radius 3 is 2.68 bits per heavy atom. The highest BCUT2D eigenvalue weighted by molar-refractivity contribution is 6.04. The van der Waals surface area contributed by atoms with Crippen molar-refractivity contribution in [1.29, 1.82) is 0 Å². The fourth-order valence-electron chi connectivity index (χ4n) is 3.06. The number of nitrogens with one attached hydrogen (secondary N) is 3. The van der Waals surface area contributed by atoms with E-state index >= 15 is 0 Å². The summed E-state index contributed by atoms with van der Waals surface area (Å²) in [6.45, 7) is 2.50. The average Bonchev–Trinajstić information content (AvgIpc) is 2.96. The van der Waals surface area contributed by atoms with E-state index in [0.717, 1.165) is 24.5 Å². The predicted octanol–water partition coefficient (Wildman–Crippen LogP) is 0.676. The Bertz CT molecular complexity index is 640. The van der Waals surface area contributed by atoms with Gasteiger partial charge in [0.25, 0.3) is 5.91 Å². The van der Waals surface area contributed by atoms with E-state index in [1.807, 2.05) is 12.1 Å². The van der Waals surface area contributed by atoms with Gasteiger partial charge in [0.15, 0.2) is 0 Å². The van der Waals surface area contributed by atoms with Crippen molar-refractivity contribution in [2.24, 2.45) is 0 Å². The number of nitrogens with zero attached hydrogens (tertiary/aromatic N) is 2. The summed E-state index contributed by atoms with van der Waals surface area (Å²) in [5, 5.41) is 7.43. The fraction of sp³-hybridized carbons (Fsp3) is 0.529. The van der Waals surface area contributed by atoms with E-state index in [1.165, 1.54) is 19.3 Å². The van der Waals surface area contributed by atoms with Gasteiger partial charge in [0, 0.05) is 32.3 Å². The number of piperidine rings is 1. The molecule has 2 aliphatic rings. The molecule has 4 amide bonds. The number of urea groups is 1. The molecule has 0 bridgehead atoms. The molecule has 1 aromatic rings. The lowest BCUT2D eigenvalue weighted by Crippen LogP contribution is -2.31. The number of amides is 4. The Balaban J connectivity index is 1.41. The second kappa shape index (κ2) is 7.96. The van der Waals surface area contributed by atoms with E-state index in [1.54, 1.807) is 6.20 Å². The Kier molecular flexibility index (Phi) is 5.47. The second-order valence-corrected chi connectivity index (χ2v) is 6.40. The van der Waals surface area contributed by atoms with E-state index in [-0.39, 0.29) is 24.7 Å². The molecule has 25 heavy (non-hydrogen) atoms. The first-order valence-electron chi connectivity index (χ1n) is 8.70. The first kappa shape index (κ1) is 17.2. The minimum atomic E-state index is -0.622. The van der Waals surface area contributed by atoms with Crippen LogP contribution in [-0.4, -0.2) is 42.0 Å². The monoisotopic (exact) mass is 345 g/mol. The molecule has 8 heteroatoms. The van der Waals surface area contributed by atoms with Crippen molar-refractivity contribution in [3.63, 3.8) is 0 Å². The van der Waals surface area contributed by atoms with Crippen LogP contribution in [0.4, 0.5) is 10.6 Å². The van der Waals surface area contributed by atoms with E-state index in [9.17, 15) is 14.4 Å². The molecule has 2 fully saturated rings. The molecule has 0 saturated carbocycles. The van der Waals surface area contributed by atoms with Crippen LogP contribution in [0.2, 0.25) is 0 Å². The number of carbonyl (C=O) groups is 3. The molecule has 0 aromatic carbocycles. The predicted molar refractivity (Wildman–Crippen MR) is 91.8 cm³/mol. The van der Waals surface area contributed by atoms with Crippen LogP contribution in [0.5, 0.6) is 0 Å². The summed E-state index contributed by atoms with van der Waals surface area (Å²) >= 11 is 0. The Hall–Kier alpha value is -2.64. The van der Waals surface area contributed by atoms with Crippen LogP contribution in [0.25, 0.3) is 0 Å². The molecule has 1 unspecified atom stereocenters. The van der Waals surface area contributed by atoms with E-state index in [4.69, 9.17) is 0 Å². The number of aromatic nitrogens is 1. The zero-order valence-electron chi connectivity index (χ0n) is 14.1. The van der Waals surface area contributed by atoms with Crippen LogP contribution in [-0.2, 0) is 16.1 Å². The summed E-state index contributed by atoms with van der Waals surface area (Å²) in [4.78, 5) is 41.1. The molecule has 8 nitrogen and oxygen atoms in total. The van der Waals surface area contributed by atoms with Gasteiger partial charge in [-0.25, -0.2) is 9.78 Å². The Labute approximate surface area is 146 Å². The molecular formula is C17H23N5O3. The fourth-order valence-corrected chi connectivity index (χ4v) is 3.06.